The van der Waals surface area contributed by atoms with Crippen molar-refractivity contribution in [3.8, 4) is 0 Å². The van der Waals surface area contributed by atoms with Gasteiger partial charge in [-0.25, -0.2) is 9.59 Å². The Morgan fingerprint density at radius 1 is 0.682 bits per heavy atom. The van der Waals surface area contributed by atoms with Crippen LogP contribution in [0.2, 0.25) is 20.1 Å². The molecule has 0 aliphatic rings. The number of carbonyl (C=O) groups excluding carboxylic acids is 2. The number of benzene rings is 2. The molecule has 2 aromatic rings. The normalized spacial score (nSPS) is 10.4. The lowest BCUT2D eigenvalue weighted by Gasteiger charge is -2.00. The van der Waals surface area contributed by atoms with Gasteiger partial charge in [-0.1, -0.05) is 63.1 Å². The van der Waals surface area contributed by atoms with Gasteiger partial charge in [-0.2, -0.15) is 0 Å². The van der Waals surface area contributed by atoms with Crippen molar-refractivity contribution >= 4 is 65.3 Å². The Kier molecular flexibility index (Phi) is 5.60. The molecule has 0 spiro atoms. The standard InChI is InChI=1S/C14H6Cl4O3P/c15-7-3-1-4-8(16)11(7)13(19)22(21)14(20)12-9(17)5-2-6-10(12)18/h1-6H/q+1. The van der Waals surface area contributed by atoms with E-state index in [1.54, 1.807) is 0 Å². The van der Waals surface area contributed by atoms with Crippen LogP contribution in [-0.2, 0) is 4.57 Å². The third kappa shape index (κ3) is 3.34. The van der Waals surface area contributed by atoms with Gasteiger partial charge in [0.1, 0.15) is 11.1 Å². The van der Waals surface area contributed by atoms with Crippen molar-refractivity contribution in [2.45, 2.75) is 0 Å². The smallest absolute Gasteiger partial charge is 0.233 e. The van der Waals surface area contributed by atoms with Crippen molar-refractivity contribution in [1.82, 2.24) is 0 Å². The first-order chi connectivity index (χ1) is 10.3. The zero-order valence-electron chi connectivity index (χ0n) is 10.6. The van der Waals surface area contributed by atoms with Gasteiger partial charge in [0.05, 0.1) is 20.1 Å². The number of rotatable bonds is 4. The first-order valence-electron chi connectivity index (χ1n) is 5.78. The number of halogens is 4. The number of hydrogen-bond acceptors (Lipinski definition) is 3. The second-order valence-electron chi connectivity index (χ2n) is 4.10. The molecule has 0 heterocycles. The fourth-order valence-corrected chi connectivity index (χ4v) is 4.17. The van der Waals surface area contributed by atoms with Gasteiger partial charge >= 0.3 is 18.8 Å². The maximum absolute atomic E-state index is 12.3. The fraction of sp³-hybridized carbons (Fsp3) is 0. The first-order valence-corrected chi connectivity index (χ1v) is 8.55. The molecule has 0 unspecified atom stereocenters. The van der Waals surface area contributed by atoms with Gasteiger partial charge in [-0.3, -0.25) is 0 Å². The first kappa shape index (κ1) is 17.4. The highest BCUT2D eigenvalue weighted by Crippen LogP contribution is 2.40. The van der Waals surface area contributed by atoms with E-state index >= 15 is 0 Å². The molecule has 0 amide bonds. The molecule has 8 heteroatoms. The lowest BCUT2D eigenvalue weighted by Crippen LogP contribution is -2.04. The summed E-state index contributed by atoms with van der Waals surface area (Å²) in [7, 11) is -2.99. The molecule has 0 aliphatic carbocycles. The maximum Gasteiger partial charge on any atom is 0.502 e. The van der Waals surface area contributed by atoms with E-state index in [0.29, 0.717) is 0 Å². The summed E-state index contributed by atoms with van der Waals surface area (Å²) in [6.45, 7) is 0. The Morgan fingerprint density at radius 2 is 0.955 bits per heavy atom. The van der Waals surface area contributed by atoms with Crippen LogP contribution in [0.15, 0.2) is 36.4 Å². The quantitative estimate of drug-likeness (QED) is 0.588. The monoisotopic (exact) mass is 393 g/mol. The zero-order chi connectivity index (χ0) is 16.4. The fourth-order valence-electron chi connectivity index (χ4n) is 1.70. The minimum Gasteiger partial charge on any atom is -0.233 e. The van der Waals surface area contributed by atoms with Crippen LogP contribution < -0.4 is 0 Å². The lowest BCUT2D eigenvalue weighted by molar-refractivity contribution is 0.104. The zero-order valence-corrected chi connectivity index (χ0v) is 14.6. The van der Waals surface area contributed by atoms with E-state index in [9.17, 15) is 14.2 Å². The van der Waals surface area contributed by atoms with Gasteiger partial charge in [0, 0.05) is 0 Å². The van der Waals surface area contributed by atoms with Crippen molar-refractivity contribution in [3.63, 3.8) is 0 Å². The molecule has 0 saturated heterocycles. The van der Waals surface area contributed by atoms with E-state index in [2.05, 4.69) is 0 Å². The Bertz CT molecular complexity index is 699. The predicted molar refractivity (Wildman–Crippen MR) is 89.2 cm³/mol. The average Bonchev–Trinajstić information content (AvgIpc) is 2.45. The largest absolute Gasteiger partial charge is 0.502 e. The Balaban J connectivity index is 2.44. The summed E-state index contributed by atoms with van der Waals surface area (Å²) in [5.41, 5.74) is -2.26. The van der Waals surface area contributed by atoms with Crippen LogP contribution >= 0.6 is 54.2 Å². The minimum atomic E-state index is -2.99. The van der Waals surface area contributed by atoms with Crippen molar-refractivity contribution in [1.29, 1.82) is 0 Å². The second-order valence-corrected chi connectivity index (χ2v) is 7.13. The molecular formula is C14H6Cl4O3P+. The summed E-state index contributed by atoms with van der Waals surface area (Å²) in [4.78, 5) is 24.5. The highest BCUT2D eigenvalue weighted by Gasteiger charge is 2.43. The van der Waals surface area contributed by atoms with Gasteiger partial charge < -0.3 is 0 Å². The van der Waals surface area contributed by atoms with Crippen molar-refractivity contribution < 1.29 is 14.2 Å². The van der Waals surface area contributed by atoms with Crippen molar-refractivity contribution in [2.24, 2.45) is 0 Å². The molecule has 22 heavy (non-hydrogen) atoms. The van der Waals surface area contributed by atoms with Crippen LogP contribution in [0.5, 0.6) is 0 Å². The maximum atomic E-state index is 12.3. The van der Waals surface area contributed by atoms with Crippen LogP contribution in [0, 0.1) is 0 Å². The van der Waals surface area contributed by atoms with Gasteiger partial charge in [0.25, 0.3) is 0 Å². The molecule has 2 rings (SSSR count). The third-order valence-corrected chi connectivity index (χ3v) is 5.17. The highest BCUT2D eigenvalue weighted by molar-refractivity contribution is 7.80. The molecule has 2 aromatic carbocycles. The summed E-state index contributed by atoms with van der Waals surface area (Å²) in [6.07, 6.45) is 0. The van der Waals surface area contributed by atoms with Gasteiger partial charge in [0.15, 0.2) is 0 Å². The summed E-state index contributed by atoms with van der Waals surface area (Å²) in [5, 5.41) is 0.0515. The van der Waals surface area contributed by atoms with Crippen LogP contribution in [0.4, 0.5) is 0 Å². The van der Waals surface area contributed by atoms with E-state index < -0.39 is 18.8 Å². The Morgan fingerprint density at radius 3 is 1.23 bits per heavy atom. The number of carbonyl (C=O) groups is 2. The molecule has 0 aromatic heterocycles. The summed E-state index contributed by atoms with van der Waals surface area (Å²) < 4.78 is 12.3. The molecule has 0 N–H and O–H groups in total. The lowest BCUT2D eigenvalue weighted by atomic mass is 10.2. The molecule has 0 saturated carbocycles. The highest BCUT2D eigenvalue weighted by atomic mass is 35.5. The molecule has 0 atom stereocenters. The second kappa shape index (κ2) is 7.08. The summed E-state index contributed by atoms with van der Waals surface area (Å²) >= 11 is 23.5. The van der Waals surface area contributed by atoms with Gasteiger partial charge in [0.2, 0.25) is 0 Å². The minimum absolute atomic E-state index is 0.0129. The SMILES string of the molecule is O=C(c1c(Cl)cccc1Cl)[P+](=O)C(=O)c1c(Cl)cccc1Cl. The summed E-state index contributed by atoms with van der Waals surface area (Å²) in [5.74, 6) is 0. The number of hydrogen-bond donors (Lipinski definition) is 0. The van der Waals surface area contributed by atoms with Gasteiger partial charge in [-0.15, -0.1) is 0 Å². The van der Waals surface area contributed by atoms with Crippen molar-refractivity contribution in [2.75, 3.05) is 0 Å². The molecule has 0 fully saturated rings. The summed E-state index contributed by atoms with van der Waals surface area (Å²) in [6, 6.07) is 8.71. The molecule has 3 nitrogen and oxygen atoms in total. The molecule has 0 aliphatic heterocycles. The van der Waals surface area contributed by atoms with E-state index in [-0.39, 0.29) is 31.2 Å². The Labute approximate surface area is 146 Å². The Hall–Kier alpha value is -0.960. The van der Waals surface area contributed by atoms with E-state index in [4.69, 9.17) is 46.4 Å². The van der Waals surface area contributed by atoms with Crippen LogP contribution in [-0.4, -0.2) is 11.0 Å². The van der Waals surface area contributed by atoms with E-state index in [0.717, 1.165) is 0 Å². The predicted octanol–water partition coefficient (Wildman–Crippen LogP) is 6.11. The van der Waals surface area contributed by atoms with Crippen LogP contribution in [0.1, 0.15) is 20.7 Å². The van der Waals surface area contributed by atoms with Crippen LogP contribution in [0.25, 0.3) is 0 Å². The molecular weight excluding hydrogens is 389 g/mol. The topological polar surface area (TPSA) is 51.2 Å². The van der Waals surface area contributed by atoms with Crippen molar-refractivity contribution in [3.05, 3.63) is 67.6 Å². The third-order valence-electron chi connectivity index (χ3n) is 2.72. The van der Waals surface area contributed by atoms with E-state index in [1.165, 1.54) is 36.4 Å². The van der Waals surface area contributed by atoms with E-state index in [1.807, 2.05) is 0 Å². The van der Waals surface area contributed by atoms with Crippen LogP contribution in [0.3, 0.4) is 0 Å². The van der Waals surface area contributed by atoms with Gasteiger partial charge in [-0.05, 0) is 24.3 Å². The average molecular weight is 395 g/mol. The molecule has 112 valence electrons. The molecule has 0 bridgehead atoms. The molecule has 0 radical (unpaired) electrons.